The number of hydrogen-bond acceptors (Lipinski definition) is 5. The van der Waals surface area contributed by atoms with Gasteiger partial charge in [-0.05, 0) is 55.3 Å². The number of nitrogens with zero attached hydrogens (tertiary/aromatic N) is 3. The highest BCUT2D eigenvalue weighted by molar-refractivity contribution is 8.18. The summed E-state index contributed by atoms with van der Waals surface area (Å²) in [5.74, 6) is 0.839. The average molecular weight is 468 g/mol. The van der Waals surface area contributed by atoms with E-state index in [1.54, 1.807) is 18.0 Å². The summed E-state index contributed by atoms with van der Waals surface area (Å²) in [5.41, 5.74) is 0.949. The molecule has 0 spiro atoms. The number of imide groups is 1. The fraction of sp³-hybridized carbons (Fsp3) is 0.500. The van der Waals surface area contributed by atoms with Gasteiger partial charge in [0.1, 0.15) is 5.65 Å². The molecule has 1 fully saturated rings. The van der Waals surface area contributed by atoms with Gasteiger partial charge in [0.05, 0.1) is 9.93 Å². The normalized spacial score (nSPS) is 15.4. The molecule has 8 heteroatoms. The molecule has 0 saturated carbocycles. The highest BCUT2D eigenvalue weighted by atomic mass is 35.5. The van der Waals surface area contributed by atoms with Crippen LogP contribution in [-0.2, 0) is 4.79 Å². The van der Waals surface area contributed by atoms with Crippen LogP contribution in [0.25, 0.3) is 5.65 Å². The van der Waals surface area contributed by atoms with E-state index in [2.05, 4.69) is 22.4 Å². The van der Waals surface area contributed by atoms with Crippen LogP contribution in [0, 0.1) is 0 Å². The number of aromatic nitrogens is 2. The van der Waals surface area contributed by atoms with Crippen molar-refractivity contribution in [3.8, 4) is 0 Å². The zero-order chi connectivity index (χ0) is 20.5. The number of unbranched alkanes of at least 4 members (excludes halogenated alkanes) is 6. The summed E-state index contributed by atoms with van der Waals surface area (Å²) in [5, 5.41) is 1.04. The van der Waals surface area contributed by atoms with Crippen LogP contribution in [0.4, 0.5) is 4.79 Å². The molecule has 0 bridgehead atoms. The molecule has 0 aromatic carbocycles. The Balaban J connectivity index is 0.00000320. The van der Waals surface area contributed by atoms with Crippen LogP contribution >= 0.6 is 35.9 Å². The first-order valence-corrected chi connectivity index (χ1v) is 12.3. The molecule has 0 unspecified atom stereocenters. The average Bonchev–Trinajstić information content (AvgIpc) is 3.30. The fourth-order valence-corrected chi connectivity index (χ4v) is 5.20. The monoisotopic (exact) mass is 467 g/mol. The Kier molecular flexibility index (Phi) is 10.8. The zero-order valence-corrected chi connectivity index (χ0v) is 19.9. The first kappa shape index (κ1) is 24.8. The topological polar surface area (TPSA) is 54.7 Å². The maximum Gasteiger partial charge on any atom is 0.293 e. The molecule has 5 nitrogen and oxygen atoms in total. The van der Waals surface area contributed by atoms with Crippen molar-refractivity contribution in [2.45, 2.75) is 63.3 Å². The highest BCUT2D eigenvalue weighted by Gasteiger charge is 2.34. The van der Waals surface area contributed by atoms with E-state index in [0.29, 0.717) is 11.4 Å². The second-order valence-corrected chi connectivity index (χ2v) is 9.28. The van der Waals surface area contributed by atoms with Crippen molar-refractivity contribution < 1.29 is 9.59 Å². The van der Waals surface area contributed by atoms with Gasteiger partial charge in [0, 0.05) is 18.9 Å². The lowest BCUT2D eigenvalue weighted by Gasteiger charge is -2.12. The third kappa shape index (κ3) is 6.79. The van der Waals surface area contributed by atoms with Crippen LogP contribution < -0.4 is 0 Å². The number of rotatable bonds is 12. The van der Waals surface area contributed by atoms with Gasteiger partial charge in [0.15, 0.2) is 0 Å². The molecule has 0 aliphatic carbocycles. The van der Waals surface area contributed by atoms with Gasteiger partial charge in [-0.3, -0.25) is 18.9 Å². The van der Waals surface area contributed by atoms with Crippen molar-refractivity contribution in [2.24, 2.45) is 0 Å². The number of thioether (sulfide) groups is 2. The van der Waals surface area contributed by atoms with Crippen LogP contribution in [0.2, 0.25) is 0 Å². The van der Waals surface area contributed by atoms with E-state index in [-0.39, 0.29) is 23.6 Å². The van der Waals surface area contributed by atoms with Crippen molar-refractivity contribution in [2.75, 3.05) is 12.3 Å². The minimum Gasteiger partial charge on any atom is -0.294 e. The molecule has 1 saturated heterocycles. The molecule has 2 aromatic heterocycles. The third-order valence-corrected chi connectivity index (χ3v) is 7.01. The lowest BCUT2D eigenvalue weighted by atomic mass is 10.1. The molecule has 3 rings (SSSR count). The SMILES string of the molecule is CCCCCCCC=C1SC(=O)N(CCCCSc2cccc3nccn23)C1=O.Cl. The lowest BCUT2D eigenvalue weighted by Crippen LogP contribution is -2.29. The maximum absolute atomic E-state index is 12.5. The van der Waals surface area contributed by atoms with Gasteiger partial charge in [-0.15, -0.1) is 24.2 Å². The van der Waals surface area contributed by atoms with E-state index in [9.17, 15) is 9.59 Å². The van der Waals surface area contributed by atoms with E-state index in [4.69, 9.17) is 0 Å². The number of halogens is 1. The van der Waals surface area contributed by atoms with Crippen LogP contribution in [-0.4, -0.2) is 37.7 Å². The van der Waals surface area contributed by atoms with Gasteiger partial charge in [0.2, 0.25) is 0 Å². The molecule has 1 aliphatic rings. The lowest BCUT2D eigenvalue weighted by molar-refractivity contribution is -0.122. The summed E-state index contributed by atoms with van der Waals surface area (Å²) < 4.78 is 2.08. The molecule has 30 heavy (non-hydrogen) atoms. The summed E-state index contributed by atoms with van der Waals surface area (Å²) in [6.07, 6.45) is 14.4. The first-order chi connectivity index (χ1) is 14.2. The maximum atomic E-state index is 12.5. The summed E-state index contributed by atoms with van der Waals surface area (Å²) >= 11 is 2.87. The Morgan fingerprint density at radius 2 is 1.93 bits per heavy atom. The Hall–Kier alpha value is -1.44. The summed E-state index contributed by atoms with van der Waals surface area (Å²) in [7, 11) is 0. The van der Waals surface area contributed by atoms with Crippen LogP contribution in [0.15, 0.2) is 46.6 Å². The highest BCUT2D eigenvalue weighted by Crippen LogP contribution is 2.31. The van der Waals surface area contributed by atoms with Crippen LogP contribution in [0.1, 0.15) is 58.3 Å². The largest absolute Gasteiger partial charge is 0.294 e. The van der Waals surface area contributed by atoms with Gasteiger partial charge < -0.3 is 0 Å². The number of amides is 2. The Morgan fingerprint density at radius 1 is 1.10 bits per heavy atom. The number of imidazole rings is 1. The second-order valence-electron chi connectivity index (χ2n) is 7.17. The summed E-state index contributed by atoms with van der Waals surface area (Å²) in [4.78, 5) is 31.0. The number of carbonyl (C=O) groups is 2. The number of allylic oxidation sites excluding steroid dienone is 1. The van der Waals surface area contributed by atoms with Crippen LogP contribution in [0.3, 0.4) is 0 Å². The molecule has 2 amide bonds. The molecular weight excluding hydrogens is 438 g/mol. The quantitative estimate of drug-likeness (QED) is 0.201. The smallest absolute Gasteiger partial charge is 0.293 e. The second kappa shape index (κ2) is 13.1. The Morgan fingerprint density at radius 3 is 2.77 bits per heavy atom. The predicted octanol–water partition coefficient (Wildman–Crippen LogP) is 6.57. The van der Waals surface area contributed by atoms with Crippen molar-refractivity contribution >= 4 is 52.7 Å². The molecule has 0 radical (unpaired) electrons. The molecule has 1 aliphatic heterocycles. The van der Waals surface area contributed by atoms with E-state index in [1.165, 1.54) is 30.6 Å². The summed E-state index contributed by atoms with van der Waals surface area (Å²) in [6.45, 7) is 2.71. The predicted molar refractivity (Wildman–Crippen MR) is 129 cm³/mol. The van der Waals surface area contributed by atoms with Crippen molar-refractivity contribution in [3.63, 3.8) is 0 Å². The third-order valence-electron chi connectivity index (χ3n) is 4.93. The Labute approximate surface area is 193 Å². The minimum atomic E-state index is -0.122. The van der Waals surface area contributed by atoms with Crippen molar-refractivity contribution in [1.82, 2.24) is 14.3 Å². The van der Waals surface area contributed by atoms with E-state index < -0.39 is 0 Å². The molecular formula is C22H30ClN3O2S2. The van der Waals surface area contributed by atoms with E-state index >= 15 is 0 Å². The standard InChI is InChI=1S/C22H29N3O2S2.ClH/c1-2-3-4-5-6-7-11-18-21(26)25(22(27)29-18)15-8-9-17-28-20-13-10-12-19-23-14-16-24(19)20;/h10-14,16H,2-9,15,17H2,1H3;1H. The van der Waals surface area contributed by atoms with Crippen molar-refractivity contribution in [3.05, 3.63) is 41.6 Å². The minimum absolute atomic E-state index is 0. The molecule has 2 aromatic rings. The zero-order valence-electron chi connectivity index (χ0n) is 17.4. The molecule has 164 valence electrons. The van der Waals surface area contributed by atoms with Gasteiger partial charge >= 0.3 is 0 Å². The summed E-state index contributed by atoms with van der Waals surface area (Å²) in [6, 6.07) is 6.09. The van der Waals surface area contributed by atoms with Gasteiger partial charge in [-0.1, -0.05) is 44.7 Å². The molecule has 0 atom stereocenters. The van der Waals surface area contributed by atoms with E-state index in [0.717, 1.165) is 53.9 Å². The first-order valence-electron chi connectivity index (χ1n) is 10.5. The fourth-order valence-electron chi connectivity index (χ4n) is 3.30. The number of fused-ring (bicyclic) bond motifs is 1. The molecule has 3 heterocycles. The van der Waals surface area contributed by atoms with Gasteiger partial charge in [0.25, 0.3) is 11.1 Å². The van der Waals surface area contributed by atoms with Gasteiger partial charge in [-0.2, -0.15) is 0 Å². The number of carbonyl (C=O) groups excluding carboxylic acids is 2. The van der Waals surface area contributed by atoms with Crippen LogP contribution in [0.5, 0.6) is 0 Å². The van der Waals surface area contributed by atoms with E-state index in [1.807, 2.05) is 24.4 Å². The number of hydrogen-bond donors (Lipinski definition) is 0. The van der Waals surface area contributed by atoms with Crippen molar-refractivity contribution in [1.29, 1.82) is 0 Å². The Bertz CT molecular complexity index is 869. The van der Waals surface area contributed by atoms with Gasteiger partial charge in [-0.25, -0.2) is 4.98 Å². The number of pyridine rings is 1. The molecule has 0 N–H and O–H groups in total.